The second-order valence-corrected chi connectivity index (χ2v) is 9.64. The highest BCUT2D eigenvalue weighted by Gasteiger charge is 2.25. The molecule has 0 aliphatic carbocycles. The third-order valence-corrected chi connectivity index (χ3v) is 6.02. The average molecular weight is 409 g/mol. The molecule has 1 aromatic heterocycles. The van der Waals surface area contributed by atoms with E-state index < -0.39 is 10.0 Å². The maximum Gasteiger partial charge on any atom is 0.253 e. The topological polar surface area (TPSA) is 75.7 Å². The van der Waals surface area contributed by atoms with Crippen LogP contribution in [0.15, 0.2) is 41.8 Å². The number of sulfonamides is 1. The highest BCUT2D eigenvalue weighted by atomic mass is 32.2. The van der Waals surface area contributed by atoms with Crippen LogP contribution in [-0.4, -0.2) is 45.1 Å². The van der Waals surface area contributed by atoms with Crippen molar-refractivity contribution in [2.45, 2.75) is 19.4 Å². The van der Waals surface area contributed by atoms with E-state index in [0.717, 1.165) is 24.0 Å². The van der Waals surface area contributed by atoms with Gasteiger partial charge in [0, 0.05) is 30.1 Å². The predicted octanol–water partition coefficient (Wildman–Crippen LogP) is 2.73. The van der Waals surface area contributed by atoms with E-state index in [1.165, 1.54) is 0 Å². The molecule has 1 aliphatic heterocycles. The Morgan fingerprint density at radius 2 is 2.19 bits per heavy atom. The normalized spacial score (nSPS) is 17.7. The fraction of sp³-hybridized carbons (Fsp3) is 0.421. The molecule has 0 radical (unpaired) electrons. The van der Waals surface area contributed by atoms with Gasteiger partial charge in [0.05, 0.1) is 6.26 Å². The monoisotopic (exact) mass is 408 g/mol. The lowest BCUT2D eigenvalue weighted by Crippen LogP contribution is -2.43. The van der Waals surface area contributed by atoms with Crippen LogP contribution in [0.3, 0.4) is 0 Å². The van der Waals surface area contributed by atoms with Crippen molar-refractivity contribution in [2.24, 2.45) is 5.92 Å². The molecule has 0 bridgehead atoms. The summed E-state index contributed by atoms with van der Waals surface area (Å²) in [5, 5.41) is 2.00. The number of carbonyl (C=O) groups excluding carboxylic acids is 1. The van der Waals surface area contributed by atoms with Crippen LogP contribution in [0.1, 0.15) is 28.1 Å². The summed E-state index contributed by atoms with van der Waals surface area (Å²) in [4.78, 5) is 15.8. The number of piperidine rings is 1. The van der Waals surface area contributed by atoms with Gasteiger partial charge in [0.2, 0.25) is 10.0 Å². The van der Waals surface area contributed by atoms with Crippen molar-refractivity contribution < 1.29 is 17.9 Å². The highest BCUT2D eigenvalue weighted by molar-refractivity contribution is 7.88. The number of likely N-dealkylation sites (tertiary alicyclic amines) is 1. The standard InChI is InChI=1S/C19H24N2O4S2/c1-27(23,24)20-12-15-5-3-9-21(13-15)19(22)16-6-2-7-17(11-16)25-14-18-8-4-10-26-18/h2,4,6-8,10-11,15,20H,3,5,9,12-14H2,1H3/t15-/m0/s1. The summed E-state index contributed by atoms with van der Waals surface area (Å²) >= 11 is 1.63. The fourth-order valence-corrected chi connectivity index (χ4v) is 4.29. The molecule has 146 valence electrons. The van der Waals surface area contributed by atoms with Gasteiger partial charge in [-0.3, -0.25) is 4.79 Å². The first-order chi connectivity index (χ1) is 12.9. The van der Waals surface area contributed by atoms with Crippen LogP contribution in [0, 0.1) is 5.92 Å². The third kappa shape index (κ3) is 6.05. The zero-order valence-electron chi connectivity index (χ0n) is 15.3. The molecule has 6 nitrogen and oxygen atoms in total. The van der Waals surface area contributed by atoms with E-state index in [0.29, 0.717) is 37.6 Å². The summed E-state index contributed by atoms with van der Waals surface area (Å²) in [6, 6.07) is 11.2. The fourth-order valence-electron chi connectivity index (χ4n) is 3.14. The van der Waals surface area contributed by atoms with Crippen LogP contribution in [0.5, 0.6) is 5.75 Å². The number of hydrogen-bond acceptors (Lipinski definition) is 5. The number of benzene rings is 1. The van der Waals surface area contributed by atoms with E-state index in [4.69, 9.17) is 4.74 Å². The van der Waals surface area contributed by atoms with Crippen molar-refractivity contribution in [3.8, 4) is 5.75 Å². The molecule has 0 unspecified atom stereocenters. The van der Waals surface area contributed by atoms with Crippen molar-refractivity contribution in [1.29, 1.82) is 0 Å². The van der Waals surface area contributed by atoms with Gasteiger partial charge in [-0.05, 0) is 48.4 Å². The molecule has 1 aliphatic rings. The van der Waals surface area contributed by atoms with Gasteiger partial charge in [-0.15, -0.1) is 11.3 Å². The molecule has 1 aromatic carbocycles. The number of carbonyl (C=O) groups is 1. The second-order valence-electron chi connectivity index (χ2n) is 6.78. The molecule has 27 heavy (non-hydrogen) atoms. The van der Waals surface area contributed by atoms with Gasteiger partial charge in [-0.25, -0.2) is 13.1 Å². The van der Waals surface area contributed by atoms with E-state index in [-0.39, 0.29) is 11.8 Å². The minimum atomic E-state index is -3.21. The van der Waals surface area contributed by atoms with E-state index in [1.807, 2.05) is 29.6 Å². The summed E-state index contributed by atoms with van der Waals surface area (Å²) in [6.07, 6.45) is 2.94. The predicted molar refractivity (Wildman–Crippen MR) is 107 cm³/mol. The Morgan fingerprint density at radius 3 is 2.93 bits per heavy atom. The Hall–Kier alpha value is -1.90. The SMILES string of the molecule is CS(=O)(=O)NC[C@@H]1CCCN(C(=O)c2cccc(OCc3cccs3)c2)C1. The number of rotatable bonds is 7. The maximum absolute atomic E-state index is 12.9. The molecule has 8 heteroatoms. The zero-order chi connectivity index (χ0) is 19.3. The zero-order valence-corrected chi connectivity index (χ0v) is 16.9. The van der Waals surface area contributed by atoms with E-state index >= 15 is 0 Å². The van der Waals surface area contributed by atoms with Gasteiger partial charge in [-0.2, -0.15) is 0 Å². The van der Waals surface area contributed by atoms with Gasteiger partial charge in [-0.1, -0.05) is 12.1 Å². The molecule has 1 N–H and O–H groups in total. The first-order valence-electron chi connectivity index (χ1n) is 8.90. The number of nitrogens with zero attached hydrogens (tertiary/aromatic N) is 1. The van der Waals surface area contributed by atoms with E-state index in [1.54, 1.807) is 28.4 Å². The largest absolute Gasteiger partial charge is 0.488 e. The molecule has 1 saturated heterocycles. The van der Waals surface area contributed by atoms with Gasteiger partial charge in [0.25, 0.3) is 5.91 Å². The van der Waals surface area contributed by atoms with Crippen LogP contribution in [0.25, 0.3) is 0 Å². The molecule has 3 rings (SSSR count). The molecule has 1 atom stereocenters. The number of hydrogen-bond donors (Lipinski definition) is 1. The van der Waals surface area contributed by atoms with Crippen LogP contribution in [-0.2, 0) is 16.6 Å². The number of amides is 1. The Bertz CT molecular complexity index is 866. The lowest BCUT2D eigenvalue weighted by atomic mass is 9.97. The Labute approximate surface area is 164 Å². The number of thiophene rings is 1. The van der Waals surface area contributed by atoms with Crippen LogP contribution in [0.4, 0.5) is 0 Å². The molecule has 1 amide bonds. The van der Waals surface area contributed by atoms with Crippen LogP contribution >= 0.6 is 11.3 Å². The highest BCUT2D eigenvalue weighted by Crippen LogP contribution is 2.21. The molecule has 2 aromatic rings. The van der Waals surface area contributed by atoms with Crippen LogP contribution < -0.4 is 9.46 Å². The number of ether oxygens (including phenoxy) is 1. The summed E-state index contributed by atoms with van der Waals surface area (Å²) < 4.78 is 30.9. The van der Waals surface area contributed by atoms with Crippen molar-refractivity contribution in [3.05, 3.63) is 52.2 Å². The van der Waals surface area contributed by atoms with Gasteiger partial charge < -0.3 is 9.64 Å². The Kier molecular flexibility index (Phi) is 6.51. The van der Waals surface area contributed by atoms with Crippen molar-refractivity contribution in [2.75, 3.05) is 25.9 Å². The number of nitrogens with one attached hydrogen (secondary N) is 1. The van der Waals surface area contributed by atoms with Gasteiger partial charge in [0.15, 0.2) is 0 Å². The smallest absolute Gasteiger partial charge is 0.253 e. The third-order valence-electron chi connectivity index (χ3n) is 4.48. The van der Waals surface area contributed by atoms with Crippen molar-refractivity contribution in [1.82, 2.24) is 9.62 Å². The minimum absolute atomic E-state index is 0.0411. The van der Waals surface area contributed by atoms with Crippen molar-refractivity contribution in [3.63, 3.8) is 0 Å². The Morgan fingerprint density at radius 1 is 1.33 bits per heavy atom. The molecule has 2 heterocycles. The lowest BCUT2D eigenvalue weighted by Gasteiger charge is -2.33. The quantitative estimate of drug-likeness (QED) is 0.764. The Balaban J connectivity index is 1.60. The second kappa shape index (κ2) is 8.86. The van der Waals surface area contributed by atoms with Crippen molar-refractivity contribution >= 4 is 27.3 Å². The molecule has 0 spiro atoms. The summed E-state index contributed by atoms with van der Waals surface area (Å²) in [6.45, 7) is 2.10. The summed E-state index contributed by atoms with van der Waals surface area (Å²) in [5.74, 6) is 0.762. The molecular formula is C19H24N2O4S2. The molecule has 1 fully saturated rings. The average Bonchev–Trinajstić information content (AvgIpc) is 3.18. The van der Waals surface area contributed by atoms with E-state index in [2.05, 4.69) is 4.72 Å². The summed E-state index contributed by atoms with van der Waals surface area (Å²) in [5.41, 5.74) is 0.593. The molecular weight excluding hydrogens is 384 g/mol. The molecule has 0 saturated carbocycles. The maximum atomic E-state index is 12.9. The van der Waals surface area contributed by atoms with Crippen LogP contribution in [0.2, 0.25) is 0 Å². The first kappa shape index (κ1) is 19.9. The summed E-state index contributed by atoms with van der Waals surface area (Å²) in [7, 11) is -3.21. The van der Waals surface area contributed by atoms with Gasteiger partial charge in [0.1, 0.15) is 12.4 Å². The lowest BCUT2D eigenvalue weighted by molar-refractivity contribution is 0.0676. The van der Waals surface area contributed by atoms with Gasteiger partial charge >= 0.3 is 0 Å². The first-order valence-corrected chi connectivity index (χ1v) is 11.7. The van der Waals surface area contributed by atoms with E-state index in [9.17, 15) is 13.2 Å². The minimum Gasteiger partial charge on any atom is -0.488 e.